The molecule has 0 spiro atoms. The number of imide groups is 2. The fraction of sp³-hybridized carbons (Fsp3) is 0.571. The minimum absolute atomic E-state index is 0.146. The third-order valence-electron chi connectivity index (χ3n) is 4.58. The predicted octanol–water partition coefficient (Wildman–Crippen LogP) is 0.133. The average molecular weight is 276 g/mol. The molecule has 4 amide bonds. The van der Waals surface area contributed by atoms with Crippen LogP contribution in [0, 0.1) is 11.8 Å². The number of piperidine rings is 1. The lowest BCUT2D eigenvalue weighted by Gasteiger charge is -2.38. The molecule has 2 fully saturated rings. The largest absolute Gasteiger partial charge is 0.294 e. The lowest BCUT2D eigenvalue weighted by molar-refractivity contribution is -0.158. The lowest BCUT2D eigenvalue weighted by Crippen LogP contribution is -2.63. The van der Waals surface area contributed by atoms with E-state index < -0.39 is 11.4 Å². The van der Waals surface area contributed by atoms with Crippen molar-refractivity contribution in [3.8, 4) is 0 Å². The van der Waals surface area contributed by atoms with E-state index in [0.29, 0.717) is 12.8 Å². The summed E-state index contributed by atoms with van der Waals surface area (Å²) in [6.45, 7) is 1.56. The Morgan fingerprint density at radius 1 is 1.10 bits per heavy atom. The minimum Gasteiger partial charge on any atom is -0.294 e. The second kappa shape index (κ2) is 4.26. The molecule has 0 aromatic carbocycles. The maximum absolute atomic E-state index is 12.5. The van der Waals surface area contributed by atoms with Crippen molar-refractivity contribution in [1.82, 2.24) is 10.2 Å². The van der Waals surface area contributed by atoms with Crippen LogP contribution >= 0.6 is 0 Å². The molecule has 6 heteroatoms. The molecule has 0 aromatic heterocycles. The first kappa shape index (κ1) is 13.0. The summed E-state index contributed by atoms with van der Waals surface area (Å²) in [6.07, 6.45) is 5.24. The van der Waals surface area contributed by atoms with Gasteiger partial charge in [-0.15, -0.1) is 0 Å². The Hall–Kier alpha value is -1.98. The van der Waals surface area contributed by atoms with Gasteiger partial charge in [-0.25, -0.2) is 0 Å². The Kier molecular flexibility index (Phi) is 2.77. The highest BCUT2D eigenvalue weighted by atomic mass is 16.2. The molecule has 106 valence electrons. The SMILES string of the molecule is CC1(N2C(=O)C3CC=CCC3C2=O)CCC(=O)NC1=O. The standard InChI is InChI=1S/C14H16N2O4/c1-14(7-6-10(17)15-13(14)20)16-11(18)8-4-2-3-5-9(8)12(16)19/h2-3,8-9H,4-7H2,1H3,(H,15,17,20). The van der Waals surface area contributed by atoms with Crippen LogP contribution in [0.15, 0.2) is 12.2 Å². The smallest absolute Gasteiger partial charge is 0.252 e. The second-order valence-electron chi connectivity index (χ2n) is 5.82. The number of allylic oxidation sites excluding steroid dienone is 2. The first-order chi connectivity index (χ1) is 9.45. The van der Waals surface area contributed by atoms with Gasteiger partial charge in [-0.3, -0.25) is 29.4 Å². The molecular formula is C14H16N2O4. The van der Waals surface area contributed by atoms with Gasteiger partial charge in [0, 0.05) is 6.42 Å². The Morgan fingerprint density at radius 2 is 1.65 bits per heavy atom. The summed E-state index contributed by atoms with van der Waals surface area (Å²) in [4.78, 5) is 49.5. The molecule has 3 rings (SSSR count). The molecule has 6 nitrogen and oxygen atoms in total. The van der Waals surface area contributed by atoms with Gasteiger partial charge in [-0.1, -0.05) is 12.2 Å². The van der Waals surface area contributed by atoms with Crippen molar-refractivity contribution in [2.75, 3.05) is 0 Å². The quantitative estimate of drug-likeness (QED) is 0.545. The normalized spacial score (nSPS) is 37.1. The molecule has 3 unspecified atom stereocenters. The van der Waals surface area contributed by atoms with Gasteiger partial charge >= 0.3 is 0 Å². The predicted molar refractivity (Wildman–Crippen MR) is 68.0 cm³/mol. The van der Waals surface area contributed by atoms with Crippen molar-refractivity contribution >= 4 is 23.6 Å². The average Bonchev–Trinajstić information content (AvgIpc) is 2.68. The maximum Gasteiger partial charge on any atom is 0.252 e. The topological polar surface area (TPSA) is 83.6 Å². The Bertz CT molecular complexity index is 527. The van der Waals surface area contributed by atoms with Crippen LogP contribution in [-0.4, -0.2) is 34.1 Å². The summed E-state index contributed by atoms with van der Waals surface area (Å²) in [5.41, 5.74) is -1.24. The fourth-order valence-corrected chi connectivity index (χ4v) is 3.29. The molecule has 0 aromatic rings. The highest BCUT2D eigenvalue weighted by Crippen LogP contribution is 2.40. The molecule has 0 radical (unpaired) electrons. The van der Waals surface area contributed by atoms with E-state index in [4.69, 9.17) is 0 Å². The highest BCUT2D eigenvalue weighted by Gasteiger charge is 2.57. The molecule has 2 aliphatic heterocycles. The summed E-state index contributed by atoms with van der Waals surface area (Å²) in [6, 6.07) is 0. The van der Waals surface area contributed by atoms with Crippen LogP contribution in [0.3, 0.4) is 0 Å². The molecule has 3 atom stereocenters. The number of hydrogen-bond donors (Lipinski definition) is 1. The first-order valence-corrected chi connectivity index (χ1v) is 6.82. The van der Waals surface area contributed by atoms with E-state index in [9.17, 15) is 19.2 Å². The number of carbonyl (C=O) groups is 4. The van der Waals surface area contributed by atoms with Crippen molar-refractivity contribution < 1.29 is 19.2 Å². The zero-order chi connectivity index (χ0) is 14.5. The monoisotopic (exact) mass is 276 g/mol. The third kappa shape index (κ3) is 1.63. The molecule has 3 aliphatic rings. The molecule has 2 saturated heterocycles. The zero-order valence-electron chi connectivity index (χ0n) is 11.2. The Labute approximate surface area is 116 Å². The summed E-state index contributed by atoms with van der Waals surface area (Å²) < 4.78 is 0. The van der Waals surface area contributed by atoms with Crippen LogP contribution in [0.1, 0.15) is 32.6 Å². The molecule has 0 saturated carbocycles. The zero-order valence-corrected chi connectivity index (χ0v) is 11.2. The Balaban J connectivity index is 1.94. The first-order valence-electron chi connectivity index (χ1n) is 6.82. The molecule has 1 N–H and O–H groups in total. The van der Waals surface area contributed by atoms with Crippen molar-refractivity contribution in [2.45, 2.75) is 38.1 Å². The molecular weight excluding hydrogens is 260 g/mol. The lowest BCUT2D eigenvalue weighted by atomic mass is 9.85. The van der Waals surface area contributed by atoms with E-state index in [2.05, 4.69) is 5.32 Å². The Morgan fingerprint density at radius 3 is 2.15 bits per heavy atom. The van der Waals surface area contributed by atoms with Crippen molar-refractivity contribution in [3.63, 3.8) is 0 Å². The summed E-state index contributed by atoms with van der Waals surface area (Å²) in [7, 11) is 0. The minimum atomic E-state index is -1.24. The van der Waals surface area contributed by atoms with Gasteiger partial charge < -0.3 is 0 Å². The van der Waals surface area contributed by atoms with Gasteiger partial charge in [0.15, 0.2) is 0 Å². The maximum atomic E-state index is 12.5. The molecule has 0 bridgehead atoms. The van der Waals surface area contributed by atoms with Gasteiger partial charge in [-0.05, 0) is 26.2 Å². The van der Waals surface area contributed by atoms with Gasteiger partial charge in [0.1, 0.15) is 5.54 Å². The van der Waals surface area contributed by atoms with Crippen molar-refractivity contribution in [2.24, 2.45) is 11.8 Å². The number of nitrogens with zero attached hydrogens (tertiary/aromatic N) is 1. The van der Waals surface area contributed by atoms with Gasteiger partial charge in [-0.2, -0.15) is 0 Å². The highest BCUT2D eigenvalue weighted by molar-refractivity contribution is 6.12. The van der Waals surface area contributed by atoms with E-state index in [1.54, 1.807) is 6.92 Å². The third-order valence-corrected chi connectivity index (χ3v) is 4.58. The van der Waals surface area contributed by atoms with E-state index in [1.165, 1.54) is 0 Å². The summed E-state index contributed by atoms with van der Waals surface area (Å²) in [5, 5.41) is 2.23. The van der Waals surface area contributed by atoms with E-state index in [1.807, 2.05) is 12.2 Å². The van der Waals surface area contributed by atoms with Crippen molar-refractivity contribution in [3.05, 3.63) is 12.2 Å². The van der Waals surface area contributed by atoms with Crippen LogP contribution in [-0.2, 0) is 19.2 Å². The van der Waals surface area contributed by atoms with Gasteiger partial charge in [0.05, 0.1) is 11.8 Å². The number of likely N-dealkylation sites (tertiary alicyclic amines) is 1. The van der Waals surface area contributed by atoms with Crippen molar-refractivity contribution in [1.29, 1.82) is 0 Å². The summed E-state index contributed by atoms with van der Waals surface area (Å²) >= 11 is 0. The van der Waals surface area contributed by atoms with E-state index >= 15 is 0 Å². The van der Waals surface area contributed by atoms with Crippen LogP contribution in [0.25, 0.3) is 0 Å². The number of hydrogen-bond acceptors (Lipinski definition) is 4. The molecule has 1 aliphatic carbocycles. The number of amides is 4. The van der Waals surface area contributed by atoms with E-state index in [-0.39, 0.29) is 42.4 Å². The number of carbonyl (C=O) groups excluding carboxylic acids is 4. The summed E-state index contributed by atoms with van der Waals surface area (Å²) in [5.74, 6) is -2.18. The molecule has 20 heavy (non-hydrogen) atoms. The van der Waals surface area contributed by atoms with Crippen LogP contribution in [0.2, 0.25) is 0 Å². The molecule has 2 heterocycles. The fourth-order valence-electron chi connectivity index (χ4n) is 3.29. The van der Waals surface area contributed by atoms with Crippen LogP contribution < -0.4 is 5.32 Å². The number of rotatable bonds is 1. The second-order valence-corrected chi connectivity index (χ2v) is 5.82. The van der Waals surface area contributed by atoms with E-state index in [0.717, 1.165) is 4.90 Å². The van der Waals surface area contributed by atoms with Crippen LogP contribution in [0.5, 0.6) is 0 Å². The van der Waals surface area contributed by atoms with Gasteiger partial charge in [0.25, 0.3) is 5.91 Å². The number of nitrogens with one attached hydrogen (secondary N) is 1. The van der Waals surface area contributed by atoms with Gasteiger partial charge in [0.2, 0.25) is 17.7 Å². The van der Waals surface area contributed by atoms with Crippen LogP contribution in [0.4, 0.5) is 0 Å². The number of fused-ring (bicyclic) bond motifs is 1.